The highest BCUT2D eigenvalue weighted by atomic mass is 19.1. The highest BCUT2D eigenvalue weighted by Crippen LogP contribution is 2.34. The number of nitrogens with one attached hydrogen (secondary N) is 1. The zero-order valence-corrected chi connectivity index (χ0v) is 15.2. The number of rotatable bonds is 4. The fraction of sp³-hybridized carbons (Fsp3) is 0.286. The second-order valence-corrected chi connectivity index (χ2v) is 7.05. The number of aromatic nitrogens is 3. The first kappa shape index (κ1) is 16.6. The molecule has 26 heavy (non-hydrogen) atoms. The smallest absolute Gasteiger partial charge is 0.123 e. The summed E-state index contributed by atoms with van der Waals surface area (Å²) < 4.78 is 15.2. The second kappa shape index (κ2) is 6.48. The molecule has 0 aliphatic carbocycles. The van der Waals surface area contributed by atoms with Gasteiger partial charge >= 0.3 is 0 Å². The van der Waals surface area contributed by atoms with Crippen LogP contribution in [0.1, 0.15) is 41.1 Å². The van der Waals surface area contributed by atoms with Crippen molar-refractivity contribution in [1.82, 2.24) is 19.7 Å². The fourth-order valence-corrected chi connectivity index (χ4v) is 3.83. The number of halogens is 1. The van der Waals surface area contributed by atoms with E-state index in [2.05, 4.69) is 35.0 Å². The van der Waals surface area contributed by atoms with Gasteiger partial charge in [0.05, 0.1) is 23.6 Å². The van der Waals surface area contributed by atoms with E-state index in [9.17, 15) is 4.39 Å². The summed E-state index contributed by atoms with van der Waals surface area (Å²) in [6.45, 7) is 10.9. The van der Waals surface area contributed by atoms with Crippen LogP contribution in [-0.4, -0.2) is 26.2 Å². The number of aromatic amines is 1. The van der Waals surface area contributed by atoms with Gasteiger partial charge in [-0.15, -0.1) is 0 Å². The number of hydrogen-bond acceptors (Lipinski definition) is 2. The van der Waals surface area contributed by atoms with Crippen molar-refractivity contribution in [3.8, 4) is 0 Å². The summed E-state index contributed by atoms with van der Waals surface area (Å²) in [6.07, 6.45) is 1.92. The molecule has 4 rings (SSSR count). The van der Waals surface area contributed by atoms with Crippen LogP contribution in [0.5, 0.6) is 0 Å². The van der Waals surface area contributed by atoms with E-state index in [0.29, 0.717) is 12.5 Å². The van der Waals surface area contributed by atoms with Crippen LogP contribution in [-0.2, 0) is 13.1 Å². The van der Waals surface area contributed by atoms with Crippen LogP contribution in [0.15, 0.2) is 49.2 Å². The van der Waals surface area contributed by atoms with Gasteiger partial charge in [0.1, 0.15) is 5.82 Å². The fourth-order valence-electron chi connectivity index (χ4n) is 3.83. The summed E-state index contributed by atoms with van der Waals surface area (Å²) in [5.74, 6) is 0.131. The number of fused-ring (bicyclic) bond motifs is 1. The number of nitrogens with zero attached hydrogens (tertiary/aromatic N) is 3. The van der Waals surface area contributed by atoms with Crippen LogP contribution >= 0.6 is 0 Å². The molecule has 0 fully saturated rings. The monoisotopic (exact) mass is 350 g/mol. The molecular formula is C21H23FN4. The van der Waals surface area contributed by atoms with Crippen LogP contribution in [0.25, 0.3) is 5.70 Å². The lowest BCUT2D eigenvalue weighted by Gasteiger charge is -2.34. The van der Waals surface area contributed by atoms with Crippen molar-refractivity contribution in [3.63, 3.8) is 0 Å². The standard InChI is InChI=1S/C21H23FN4/c1-14-11-25(16(3)20-5-4-10-23-20)13-19-15(2)24-26(21(14)19)12-17-6-8-18(22)9-7-17/h4-10,14,23H,3,11-13H2,1-2H3. The maximum absolute atomic E-state index is 13.2. The summed E-state index contributed by atoms with van der Waals surface area (Å²) in [6, 6.07) is 10.7. The minimum atomic E-state index is -0.209. The van der Waals surface area contributed by atoms with E-state index in [1.54, 1.807) is 0 Å². The Kier molecular flexibility index (Phi) is 4.15. The van der Waals surface area contributed by atoms with Gasteiger partial charge in [0.25, 0.3) is 0 Å². The van der Waals surface area contributed by atoms with E-state index in [1.165, 1.54) is 23.4 Å². The first-order valence-corrected chi connectivity index (χ1v) is 8.91. The van der Waals surface area contributed by atoms with Gasteiger partial charge in [-0.3, -0.25) is 4.68 Å². The van der Waals surface area contributed by atoms with Gasteiger partial charge in [-0.2, -0.15) is 5.10 Å². The molecule has 1 aliphatic heterocycles. The molecule has 1 N–H and O–H groups in total. The second-order valence-electron chi connectivity index (χ2n) is 7.05. The summed E-state index contributed by atoms with van der Waals surface area (Å²) in [7, 11) is 0. The lowest BCUT2D eigenvalue weighted by Crippen LogP contribution is -2.32. The van der Waals surface area contributed by atoms with E-state index in [0.717, 1.165) is 35.7 Å². The third kappa shape index (κ3) is 2.94. The summed E-state index contributed by atoms with van der Waals surface area (Å²) >= 11 is 0. The normalized spacial score (nSPS) is 16.6. The van der Waals surface area contributed by atoms with E-state index in [1.807, 2.05) is 30.5 Å². The van der Waals surface area contributed by atoms with Crippen molar-refractivity contribution in [2.75, 3.05) is 6.54 Å². The topological polar surface area (TPSA) is 36.9 Å². The first-order valence-electron chi connectivity index (χ1n) is 8.91. The van der Waals surface area contributed by atoms with Gasteiger partial charge in [0.15, 0.2) is 0 Å². The van der Waals surface area contributed by atoms with Gasteiger partial charge < -0.3 is 9.88 Å². The number of hydrogen-bond donors (Lipinski definition) is 1. The zero-order valence-electron chi connectivity index (χ0n) is 15.2. The SMILES string of the molecule is C=C(c1ccc[nH]1)N1Cc2c(C)nn(Cc3ccc(F)cc3)c2C(C)C1. The van der Waals surface area contributed by atoms with Crippen LogP contribution in [0.4, 0.5) is 4.39 Å². The molecule has 3 aromatic rings. The molecule has 134 valence electrons. The highest BCUT2D eigenvalue weighted by Gasteiger charge is 2.29. The van der Waals surface area contributed by atoms with Crippen LogP contribution < -0.4 is 0 Å². The lowest BCUT2D eigenvalue weighted by molar-refractivity contribution is 0.333. The number of H-pyrrole nitrogens is 1. The molecule has 3 heterocycles. The quantitative estimate of drug-likeness (QED) is 0.762. The minimum absolute atomic E-state index is 0.209. The Morgan fingerprint density at radius 2 is 2.08 bits per heavy atom. The summed E-state index contributed by atoms with van der Waals surface area (Å²) in [4.78, 5) is 5.55. The van der Waals surface area contributed by atoms with Gasteiger partial charge in [-0.05, 0) is 36.8 Å². The van der Waals surface area contributed by atoms with Gasteiger partial charge in [-0.1, -0.05) is 25.6 Å². The van der Waals surface area contributed by atoms with E-state index in [4.69, 9.17) is 5.10 Å². The van der Waals surface area contributed by atoms with Crippen LogP contribution in [0.2, 0.25) is 0 Å². The molecule has 0 radical (unpaired) electrons. The minimum Gasteiger partial charge on any atom is -0.365 e. The average molecular weight is 350 g/mol. The molecule has 4 nitrogen and oxygen atoms in total. The summed E-state index contributed by atoms with van der Waals surface area (Å²) in [5, 5.41) is 4.78. The first-order chi connectivity index (χ1) is 12.5. The van der Waals surface area contributed by atoms with Crippen molar-refractivity contribution in [1.29, 1.82) is 0 Å². The number of benzene rings is 1. The molecular weight excluding hydrogens is 327 g/mol. The average Bonchev–Trinajstić information content (AvgIpc) is 3.25. The maximum Gasteiger partial charge on any atom is 0.123 e. The Bertz CT molecular complexity index is 922. The molecule has 5 heteroatoms. The van der Waals surface area contributed by atoms with E-state index < -0.39 is 0 Å². The molecule has 1 unspecified atom stereocenters. The van der Waals surface area contributed by atoms with Crippen LogP contribution in [0, 0.1) is 12.7 Å². The predicted octanol–water partition coefficient (Wildman–Crippen LogP) is 4.30. The van der Waals surface area contributed by atoms with Gasteiger partial charge in [0.2, 0.25) is 0 Å². The highest BCUT2D eigenvalue weighted by molar-refractivity contribution is 5.59. The van der Waals surface area contributed by atoms with Crippen molar-refractivity contribution in [2.45, 2.75) is 32.9 Å². The third-order valence-electron chi connectivity index (χ3n) is 5.14. The Balaban J connectivity index is 1.62. The molecule has 0 saturated heterocycles. The summed E-state index contributed by atoms with van der Waals surface area (Å²) in [5.41, 5.74) is 6.73. The Morgan fingerprint density at radius 3 is 2.77 bits per heavy atom. The van der Waals surface area contributed by atoms with Crippen molar-refractivity contribution in [3.05, 3.63) is 83.2 Å². The lowest BCUT2D eigenvalue weighted by atomic mass is 9.95. The van der Waals surface area contributed by atoms with E-state index >= 15 is 0 Å². The Hall–Kier alpha value is -2.82. The molecule has 0 amide bonds. The predicted molar refractivity (Wildman–Crippen MR) is 101 cm³/mol. The molecule has 2 aromatic heterocycles. The maximum atomic E-state index is 13.2. The largest absolute Gasteiger partial charge is 0.365 e. The van der Waals surface area contributed by atoms with Gasteiger partial charge in [0, 0.05) is 36.5 Å². The Morgan fingerprint density at radius 1 is 1.31 bits per heavy atom. The molecule has 1 aromatic carbocycles. The molecule has 0 saturated carbocycles. The molecule has 0 spiro atoms. The number of aryl methyl sites for hydroxylation is 1. The van der Waals surface area contributed by atoms with Gasteiger partial charge in [-0.25, -0.2) is 4.39 Å². The van der Waals surface area contributed by atoms with Crippen molar-refractivity contribution >= 4 is 5.70 Å². The van der Waals surface area contributed by atoms with Crippen molar-refractivity contribution < 1.29 is 4.39 Å². The van der Waals surface area contributed by atoms with Crippen LogP contribution in [0.3, 0.4) is 0 Å². The Labute approximate surface area is 153 Å². The third-order valence-corrected chi connectivity index (χ3v) is 5.14. The van der Waals surface area contributed by atoms with E-state index in [-0.39, 0.29) is 5.82 Å². The zero-order chi connectivity index (χ0) is 18.3. The molecule has 1 atom stereocenters. The molecule has 0 bridgehead atoms. The van der Waals surface area contributed by atoms with Crippen molar-refractivity contribution in [2.24, 2.45) is 0 Å². The molecule has 1 aliphatic rings.